The largest absolute Gasteiger partial charge is 0.232 e. The van der Waals surface area contributed by atoms with Crippen LogP contribution in [0, 0.1) is 0 Å². The summed E-state index contributed by atoms with van der Waals surface area (Å²) in [7, 11) is -3.72. The summed E-state index contributed by atoms with van der Waals surface area (Å²) in [5.74, 6) is 0. The van der Waals surface area contributed by atoms with Crippen LogP contribution in [0.25, 0.3) is 0 Å². The molecule has 0 saturated heterocycles. The van der Waals surface area contributed by atoms with Gasteiger partial charge in [-0.15, -0.1) is 5.14 Å². The molecular weight excluding hydrogens is 186 g/mol. The average molecular weight is 198 g/mol. The molecule has 1 N–H and O–H groups in total. The van der Waals surface area contributed by atoms with Gasteiger partial charge in [-0.25, -0.2) is 8.42 Å². The zero-order valence-electron chi connectivity index (χ0n) is 7.40. The van der Waals surface area contributed by atoms with Crippen molar-refractivity contribution in [2.45, 2.75) is 18.6 Å². The molecule has 0 amide bonds. The molecule has 0 bridgehead atoms. The molecule has 1 rings (SSSR count). The first kappa shape index (κ1) is 10.2. The van der Waals surface area contributed by atoms with Crippen LogP contribution in [0.3, 0.4) is 0 Å². The van der Waals surface area contributed by atoms with E-state index < -0.39 is 15.3 Å². The summed E-state index contributed by atoms with van der Waals surface area (Å²) in [6.45, 7) is 1.77. The molecule has 0 fully saturated rings. The molecule has 13 heavy (non-hydrogen) atoms. The first-order chi connectivity index (χ1) is 6.05. The van der Waals surface area contributed by atoms with E-state index in [1.807, 2.05) is 6.07 Å². The Labute approximate surface area is 78.6 Å². The molecule has 1 atom stereocenters. The number of nitrogens with one attached hydrogen (secondary N) is 1. The summed E-state index contributed by atoms with van der Waals surface area (Å²) in [6.07, 6.45) is 0.440. The Bertz CT molecular complexity index is 358. The molecular formula is C9H12NO2S. The molecule has 0 aliphatic carbocycles. The van der Waals surface area contributed by atoms with E-state index in [4.69, 9.17) is 5.14 Å². The Morgan fingerprint density at radius 2 is 1.85 bits per heavy atom. The van der Waals surface area contributed by atoms with Crippen molar-refractivity contribution in [3.05, 3.63) is 35.9 Å². The van der Waals surface area contributed by atoms with Gasteiger partial charge < -0.3 is 0 Å². The minimum atomic E-state index is -3.72. The second-order valence-corrected chi connectivity index (χ2v) is 4.51. The van der Waals surface area contributed by atoms with Gasteiger partial charge in [0.25, 0.3) is 0 Å². The number of hydrogen-bond acceptors (Lipinski definition) is 2. The van der Waals surface area contributed by atoms with Gasteiger partial charge in [-0.05, 0) is 12.0 Å². The normalized spacial score (nSPS) is 14.0. The van der Waals surface area contributed by atoms with Crippen molar-refractivity contribution in [3.8, 4) is 0 Å². The second-order valence-electron chi connectivity index (χ2n) is 2.85. The number of sulfonamides is 1. The fourth-order valence-electron chi connectivity index (χ4n) is 1.30. The van der Waals surface area contributed by atoms with E-state index >= 15 is 0 Å². The molecule has 1 aromatic carbocycles. The maximum Gasteiger partial charge on any atom is 0.232 e. The lowest BCUT2D eigenvalue weighted by Gasteiger charge is -2.11. The van der Waals surface area contributed by atoms with Gasteiger partial charge in [0.15, 0.2) is 0 Å². The molecule has 0 heterocycles. The molecule has 1 unspecified atom stereocenters. The van der Waals surface area contributed by atoms with E-state index in [-0.39, 0.29) is 0 Å². The van der Waals surface area contributed by atoms with Gasteiger partial charge in [0.1, 0.15) is 5.25 Å². The molecule has 71 valence electrons. The van der Waals surface area contributed by atoms with Crippen molar-refractivity contribution in [1.29, 1.82) is 0 Å². The van der Waals surface area contributed by atoms with Crippen LogP contribution in [-0.2, 0) is 10.0 Å². The Kier molecular flexibility index (Phi) is 3.06. The van der Waals surface area contributed by atoms with Crippen LogP contribution in [0.5, 0.6) is 0 Å². The lowest BCUT2D eigenvalue weighted by atomic mass is 10.1. The van der Waals surface area contributed by atoms with Crippen LogP contribution in [0.4, 0.5) is 0 Å². The van der Waals surface area contributed by atoms with E-state index in [9.17, 15) is 8.42 Å². The molecule has 0 aliphatic heterocycles. The van der Waals surface area contributed by atoms with Crippen molar-refractivity contribution in [2.24, 2.45) is 0 Å². The maximum atomic E-state index is 11.0. The van der Waals surface area contributed by atoms with Crippen LogP contribution in [0.2, 0.25) is 0 Å². The van der Waals surface area contributed by atoms with Crippen molar-refractivity contribution in [3.63, 3.8) is 0 Å². The third-order valence-electron chi connectivity index (χ3n) is 1.92. The lowest BCUT2D eigenvalue weighted by molar-refractivity contribution is 0.579. The number of rotatable bonds is 3. The van der Waals surface area contributed by atoms with Gasteiger partial charge in [0.2, 0.25) is 10.0 Å². The van der Waals surface area contributed by atoms with Gasteiger partial charge in [-0.1, -0.05) is 37.3 Å². The highest BCUT2D eigenvalue weighted by Gasteiger charge is 2.21. The fraction of sp³-hybridized carbons (Fsp3) is 0.333. The minimum Gasteiger partial charge on any atom is -0.211 e. The molecule has 0 spiro atoms. The van der Waals surface area contributed by atoms with E-state index in [2.05, 4.69) is 0 Å². The van der Waals surface area contributed by atoms with Gasteiger partial charge in [-0.3, -0.25) is 0 Å². The zero-order chi connectivity index (χ0) is 9.90. The van der Waals surface area contributed by atoms with E-state index in [1.165, 1.54) is 0 Å². The predicted octanol–water partition coefficient (Wildman–Crippen LogP) is 1.75. The Morgan fingerprint density at radius 3 is 2.23 bits per heavy atom. The van der Waals surface area contributed by atoms with Crippen LogP contribution in [0.15, 0.2) is 30.3 Å². The quantitative estimate of drug-likeness (QED) is 0.742. The van der Waals surface area contributed by atoms with Crippen LogP contribution in [0.1, 0.15) is 24.2 Å². The standard InChI is InChI=1S/C9H12NO2S/c1-2-9(13(10,11)12)8-6-4-3-5-7-8/h3-7,9-10H,2H2,1H3. The highest BCUT2D eigenvalue weighted by molar-refractivity contribution is 7.89. The maximum absolute atomic E-state index is 11.0. The Balaban J connectivity index is 3.06. The van der Waals surface area contributed by atoms with Crippen molar-refractivity contribution < 1.29 is 8.42 Å². The smallest absolute Gasteiger partial charge is 0.211 e. The van der Waals surface area contributed by atoms with Gasteiger partial charge in [0.05, 0.1) is 0 Å². The third-order valence-corrected chi connectivity index (χ3v) is 3.27. The molecule has 1 aromatic rings. The summed E-state index contributed by atoms with van der Waals surface area (Å²) >= 11 is 0. The first-order valence-corrected chi connectivity index (χ1v) is 5.63. The van der Waals surface area contributed by atoms with Crippen LogP contribution in [-0.4, -0.2) is 8.42 Å². The molecule has 1 radical (unpaired) electrons. The second kappa shape index (κ2) is 3.89. The SMILES string of the molecule is CCC(c1ccccc1)S([NH])(=O)=O. The molecule has 0 aromatic heterocycles. The van der Waals surface area contributed by atoms with Crippen molar-refractivity contribution in [1.82, 2.24) is 5.14 Å². The zero-order valence-corrected chi connectivity index (χ0v) is 8.21. The number of hydrogen-bond donors (Lipinski definition) is 0. The highest BCUT2D eigenvalue weighted by atomic mass is 32.2. The van der Waals surface area contributed by atoms with Gasteiger partial charge >= 0.3 is 0 Å². The summed E-state index contributed by atoms with van der Waals surface area (Å²) in [5.41, 5.74) is 0.694. The number of benzene rings is 1. The summed E-state index contributed by atoms with van der Waals surface area (Å²) < 4.78 is 22.1. The van der Waals surface area contributed by atoms with Crippen molar-refractivity contribution in [2.75, 3.05) is 0 Å². The van der Waals surface area contributed by atoms with Gasteiger partial charge in [0, 0.05) is 0 Å². The third kappa shape index (κ3) is 2.54. The molecule has 4 heteroatoms. The van der Waals surface area contributed by atoms with E-state index in [0.717, 1.165) is 0 Å². The van der Waals surface area contributed by atoms with Crippen LogP contribution >= 0.6 is 0 Å². The highest BCUT2D eigenvalue weighted by Crippen LogP contribution is 2.23. The average Bonchev–Trinajstić information content (AvgIpc) is 2.05. The summed E-state index contributed by atoms with van der Waals surface area (Å²) in [4.78, 5) is 0. The topological polar surface area (TPSA) is 57.9 Å². The molecule has 0 saturated carbocycles. The van der Waals surface area contributed by atoms with Gasteiger partial charge in [-0.2, -0.15) is 0 Å². The summed E-state index contributed by atoms with van der Waals surface area (Å²) in [6, 6.07) is 8.86. The molecule has 3 nitrogen and oxygen atoms in total. The van der Waals surface area contributed by atoms with E-state index in [0.29, 0.717) is 12.0 Å². The summed E-state index contributed by atoms with van der Waals surface area (Å²) in [5, 5.41) is 6.31. The lowest BCUT2D eigenvalue weighted by Crippen LogP contribution is -2.12. The monoisotopic (exact) mass is 198 g/mol. The predicted molar refractivity (Wildman–Crippen MR) is 51.5 cm³/mol. The first-order valence-electron chi connectivity index (χ1n) is 4.09. The van der Waals surface area contributed by atoms with Crippen molar-refractivity contribution >= 4 is 10.0 Å². The minimum absolute atomic E-state index is 0.440. The Morgan fingerprint density at radius 1 is 1.31 bits per heavy atom. The van der Waals surface area contributed by atoms with Crippen LogP contribution < -0.4 is 5.14 Å². The fourth-order valence-corrected chi connectivity index (χ4v) is 2.26. The van der Waals surface area contributed by atoms with E-state index in [1.54, 1.807) is 31.2 Å². The Hall–Kier alpha value is -0.870. The molecule has 0 aliphatic rings.